The number of hydrogen-bond acceptors (Lipinski definition) is 2. The number of benzene rings is 1. The van der Waals surface area contributed by atoms with E-state index < -0.39 is 0 Å². The van der Waals surface area contributed by atoms with Gasteiger partial charge in [-0.2, -0.15) is 0 Å². The van der Waals surface area contributed by atoms with Gasteiger partial charge in [0.25, 0.3) is 0 Å². The fourth-order valence-electron chi connectivity index (χ4n) is 3.95. The van der Waals surface area contributed by atoms with E-state index in [4.69, 9.17) is 0 Å². The van der Waals surface area contributed by atoms with Gasteiger partial charge in [-0.25, -0.2) is 0 Å². The molecule has 0 bridgehead atoms. The minimum Gasteiger partial charge on any atom is -0.297 e. The molecule has 2 unspecified atom stereocenters. The molecule has 2 nitrogen and oxygen atoms in total. The summed E-state index contributed by atoms with van der Waals surface area (Å²) in [5, 5.41) is 0. The van der Waals surface area contributed by atoms with Crippen molar-refractivity contribution in [2.75, 3.05) is 13.1 Å². The Labute approximate surface area is 120 Å². The second-order valence-corrected chi connectivity index (χ2v) is 6.11. The van der Waals surface area contributed by atoms with Crippen LogP contribution in [-0.2, 0) is 13.0 Å². The average molecular weight is 264 g/mol. The molecule has 1 saturated heterocycles. The van der Waals surface area contributed by atoms with Crippen molar-refractivity contribution in [3.63, 3.8) is 0 Å². The molecule has 1 fully saturated rings. The lowest BCUT2D eigenvalue weighted by atomic mass is 9.86. The Morgan fingerprint density at radius 3 is 2.90 bits per heavy atom. The van der Waals surface area contributed by atoms with Crippen molar-refractivity contribution < 1.29 is 0 Å². The molecule has 2 heteroatoms. The summed E-state index contributed by atoms with van der Waals surface area (Å²) in [6.45, 7) is 3.42. The van der Waals surface area contributed by atoms with Gasteiger partial charge in [-0.05, 0) is 54.5 Å². The average Bonchev–Trinajstić information content (AvgIpc) is 2.86. The van der Waals surface area contributed by atoms with E-state index in [1.54, 1.807) is 11.1 Å². The topological polar surface area (TPSA) is 16.1 Å². The minimum atomic E-state index is 0.797. The Morgan fingerprint density at radius 1 is 1.10 bits per heavy atom. The van der Waals surface area contributed by atoms with Crippen molar-refractivity contribution in [2.45, 2.75) is 25.3 Å². The first kappa shape index (κ1) is 12.1. The summed E-state index contributed by atoms with van der Waals surface area (Å²) in [5.41, 5.74) is 4.40. The Kier molecular flexibility index (Phi) is 3.04. The zero-order valence-electron chi connectivity index (χ0n) is 11.7. The van der Waals surface area contributed by atoms with Gasteiger partial charge in [0.1, 0.15) is 0 Å². The van der Waals surface area contributed by atoms with Crippen molar-refractivity contribution in [3.05, 3.63) is 65.5 Å². The monoisotopic (exact) mass is 264 g/mol. The maximum absolute atomic E-state index is 4.46. The largest absolute Gasteiger partial charge is 0.297 e. The zero-order valence-corrected chi connectivity index (χ0v) is 11.7. The summed E-state index contributed by atoms with van der Waals surface area (Å²) in [5.74, 6) is 1.61. The van der Waals surface area contributed by atoms with E-state index in [1.165, 1.54) is 31.6 Å². The smallest absolute Gasteiger partial charge is 0.0543 e. The van der Waals surface area contributed by atoms with Crippen LogP contribution in [0.3, 0.4) is 0 Å². The van der Waals surface area contributed by atoms with E-state index in [2.05, 4.69) is 46.3 Å². The summed E-state index contributed by atoms with van der Waals surface area (Å²) in [7, 11) is 0. The first-order valence-electron chi connectivity index (χ1n) is 7.60. The molecule has 0 N–H and O–H groups in total. The molecule has 2 aliphatic rings. The van der Waals surface area contributed by atoms with Gasteiger partial charge < -0.3 is 0 Å². The lowest BCUT2D eigenvalue weighted by Gasteiger charge is -2.35. The minimum absolute atomic E-state index is 0.797. The molecular weight excluding hydrogens is 244 g/mol. The Morgan fingerprint density at radius 2 is 2.00 bits per heavy atom. The van der Waals surface area contributed by atoms with Crippen LogP contribution < -0.4 is 0 Å². The van der Waals surface area contributed by atoms with Crippen molar-refractivity contribution in [1.29, 1.82) is 0 Å². The molecule has 1 aliphatic heterocycles. The summed E-state index contributed by atoms with van der Waals surface area (Å²) < 4.78 is 0. The lowest BCUT2D eigenvalue weighted by molar-refractivity contribution is 0.154. The van der Waals surface area contributed by atoms with Crippen LogP contribution >= 0.6 is 0 Å². The Bertz CT molecular complexity index is 593. The van der Waals surface area contributed by atoms with E-state index >= 15 is 0 Å². The summed E-state index contributed by atoms with van der Waals surface area (Å²) in [6, 6.07) is 15.2. The molecule has 1 aromatic carbocycles. The summed E-state index contributed by atoms with van der Waals surface area (Å²) in [4.78, 5) is 7.03. The van der Waals surface area contributed by atoms with Gasteiger partial charge in [0.2, 0.25) is 0 Å². The third kappa shape index (κ3) is 2.14. The van der Waals surface area contributed by atoms with Crippen molar-refractivity contribution >= 4 is 0 Å². The molecule has 2 atom stereocenters. The van der Waals surface area contributed by atoms with Crippen molar-refractivity contribution in [1.82, 2.24) is 9.88 Å². The highest BCUT2D eigenvalue weighted by Gasteiger charge is 2.36. The molecule has 20 heavy (non-hydrogen) atoms. The van der Waals surface area contributed by atoms with Crippen molar-refractivity contribution in [2.24, 2.45) is 5.92 Å². The molecule has 102 valence electrons. The standard InChI is InChI=1S/C18H20N2/c1-2-7-17-14(5-1)11-15-12-20(10-8-18(15)17)13-16-6-3-4-9-19-16/h1-7,9,15,18H,8,10-13H2. The van der Waals surface area contributed by atoms with Gasteiger partial charge in [-0.3, -0.25) is 9.88 Å². The van der Waals surface area contributed by atoms with Crippen LogP contribution in [0.1, 0.15) is 29.2 Å². The van der Waals surface area contributed by atoms with E-state index in [0.29, 0.717) is 0 Å². The molecule has 1 aliphatic carbocycles. The number of nitrogens with zero attached hydrogens (tertiary/aromatic N) is 2. The van der Waals surface area contributed by atoms with Crippen LogP contribution in [-0.4, -0.2) is 23.0 Å². The van der Waals surface area contributed by atoms with E-state index in [0.717, 1.165) is 18.4 Å². The summed E-state index contributed by atoms with van der Waals surface area (Å²) >= 11 is 0. The maximum Gasteiger partial charge on any atom is 0.0543 e. The number of fused-ring (bicyclic) bond motifs is 3. The second-order valence-electron chi connectivity index (χ2n) is 6.11. The summed E-state index contributed by atoms with van der Waals surface area (Å²) in [6.07, 6.45) is 4.46. The third-order valence-electron chi connectivity index (χ3n) is 4.87. The fraction of sp³-hybridized carbons (Fsp3) is 0.389. The quantitative estimate of drug-likeness (QED) is 0.828. The first-order chi connectivity index (χ1) is 9.90. The van der Waals surface area contributed by atoms with Crippen LogP contribution in [0.25, 0.3) is 0 Å². The molecule has 2 aromatic rings. The SMILES string of the molecule is c1ccc(CN2CCC3c4ccccc4CC3C2)nc1. The number of hydrogen-bond donors (Lipinski definition) is 0. The van der Waals surface area contributed by atoms with Crippen LogP contribution in [0, 0.1) is 5.92 Å². The lowest BCUT2D eigenvalue weighted by Crippen LogP contribution is -2.37. The molecule has 0 amide bonds. The zero-order chi connectivity index (χ0) is 13.4. The number of likely N-dealkylation sites (tertiary alicyclic amines) is 1. The van der Waals surface area contributed by atoms with Gasteiger partial charge in [-0.1, -0.05) is 30.3 Å². The number of aromatic nitrogens is 1. The van der Waals surface area contributed by atoms with E-state index in [-0.39, 0.29) is 0 Å². The van der Waals surface area contributed by atoms with E-state index in [9.17, 15) is 0 Å². The maximum atomic E-state index is 4.46. The normalized spacial score (nSPS) is 25.2. The van der Waals surface area contributed by atoms with Gasteiger partial charge in [0, 0.05) is 19.3 Å². The fourth-order valence-corrected chi connectivity index (χ4v) is 3.95. The number of piperidine rings is 1. The third-order valence-corrected chi connectivity index (χ3v) is 4.87. The molecule has 0 spiro atoms. The van der Waals surface area contributed by atoms with Gasteiger partial charge in [-0.15, -0.1) is 0 Å². The molecule has 0 radical (unpaired) electrons. The molecule has 1 aromatic heterocycles. The van der Waals surface area contributed by atoms with Gasteiger partial charge in [0.15, 0.2) is 0 Å². The van der Waals surface area contributed by atoms with Gasteiger partial charge in [0.05, 0.1) is 5.69 Å². The predicted octanol–water partition coefficient (Wildman–Crippen LogP) is 3.24. The van der Waals surface area contributed by atoms with Crippen LogP contribution in [0.2, 0.25) is 0 Å². The first-order valence-corrected chi connectivity index (χ1v) is 7.60. The van der Waals surface area contributed by atoms with Crippen molar-refractivity contribution in [3.8, 4) is 0 Å². The molecule has 0 saturated carbocycles. The second kappa shape index (κ2) is 5.02. The number of rotatable bonds is 2. The Hall–Kier alpha value is -1.67. The molecule has 2 heterocycles. The molecule has 4 rings (SSSR count). The Balaban J connectivity index is 1.47. The van der Waals surface area contributed by atoms with E-state index in [1.807, 2.05) is 12.3 Å². The van der Waals surface area contributed by atoms with Crippen LogP contribution in [0.5, 0.6) is 0 Å². The highest BCUT2D eigenvalue weighted by atomic mass is 15.1. The number of pyridine rings is 1. The highest BCUT2D eigenvalue weighted by molar-refractivity contribution is 5.36. The van der Waals surface area contributed by atoms with Crippen LogP contribution in [0.4, 0.5) is 0 Å². The predicted molar refractivity (Wildman–Crippen MR) is 80.5 cm³/mol. The molecular formula is C18H20N2. The highest BCUT2D eigenvalue weighted by Crippen LogP contribution is 2.43. The van der Waals surface area contributed by atoms with Crippen LogP contribution in [0.15, 0.2) is 48.7 Å². The van der Waals surface area contributed by atoms with Gasteiger partial charge >= 0.3 is 0 Å².